The molecule has 2 N–H and O–H groups in total. The maximum Gasteiger partial charge on any atom is 0.130 e. The molecule has 0 aromatic carbocycles. The van der Waals surface area contributed by atoms with E-state index in [-0.39, 0.29) is 0 Å². The van der Waals surface area contributed by atoms with Gasteiger partial charge in [0.05, 0.1) is 12.7 Å². The Bertz CT molecular complexity index is 233. The van der Waals surface area contributed by atoms with Gasteiger partial charge in [0.15, 0.2) is 0 Å². The van der Waals surface area contributed by atoms with Gasteiger partial charge in [0.1, 0.15) is 5.54 Å². The van der Waals surface area contributed by atoms with Gasteiger partial charge in [0.25, 0.3) is 0 Å². The molecule has 0 aliphatic heterocycles. The first-order valence-corrected chi connectivity index (χ1v) is 6.51. The van der Waals surface area contributed by atoms with Crippen molar-refractivity contribution in [3.8, 4) is 6.07 Å². The monoisotopic (exact) mass is 224 g/mol. The van der Waals surface area contributed by atoms with Gasteiger partial charge in [-0.2, -0.15) is 5.26 Å². The third kappa shape index (κ3) is 4.51. The fourth-order valence-corrected chi connectivity index (χ4v) is 1.89. The number of nitrogens with zero attached hydrogens (tertiary/aromatic N) is 1. The summed E-state index contributed by atoms with van der Waals surface area (Å²) >= 11 is 0. The van der Waals surface area contributed by atoms with Crippen LogP contribution in [-0.4, -0.2) is 18.8 Å². The normalized spacial score (nSPS) is 19.1. The first-order chi connectivity index (χ1) is 7.73. The van der Waals surface area contributed by atoms with Crippen LogP contribution >= 0.6 is 0 Å². The number of unbranched alkanes of at least 4 members (excludes halogenated alkanes) is 4. The Labute approximate surface area is 99.0 Å². The summed E-state index contributed by atoms with van der Waals surface area (Å²) in [6.45, 7) is 3.36. The maximum atomic E-state index is 9.01. The molecule has 0 spiro atoms. The second-order valence-corrected chi connectivity index (χ2v) is 4.89. The van der Waals surface area contributed by atoms with Crippen LogP contribution in [0.4, 0.5) is 0 Å². The Kier molecular flexibility index (Phi) is 5.79. The highest BCUT2D eigenvalue weighted by molar-refractivity contribution is 5.13. The molecule has 3 nitrogen and oxygen atoms in total. The summed E-state index contributed by atoms with van der Waals surface area (Å²) in [4.78, 5) is 0. The van der Waals surface area contributed by atoms with Crippen LogP contribution in [0, 0.1) is 17.2 Å². The third-order valence-electron chi connectivity index (χ3n) is 3.25. The summed E-state index contributed by atoms with van der Waals surface area (Å²) in [6, 6.07) is 2.20. The van der Waals surface area contributed by atoms with E-state index in [2.05, 4.69) is 13.0 Å². The SMILES string of the molecule is CCCCCCCOCC(N)(C#N)C1CC1. The second kappa shape index (κ2) is 6.88. The minimum absolute atomic E-state index is 0.373. The van der Waals surface area contributed by atoms with E-state index in [1.807, 2.05) is 0 Å². The Morgan fingerprint density at radius 1 is 1.31 bits per heavy atom. The molecule has 3 heteroatoms. The van der Waals surface area contributed by atoms with Crippen LogP contribution in [0.5, 0.6) is 0 Å². The number of nitriles is 1. The van der Waals surface area contributed by atoms with Crippen molar-refractivity contribution in [3.63, 3.8) is 0 Å². The molecular formula is C13H24N2O. The molecular weight excluding hydrogens is 200 g/mol. The number of rotatable bonds is 9. The molecule has 92 valence electrons. The molecule has 1 aliphatic rings. The average Bonchev–Trinajstić information content (AvgIpc) is 3.12. The van der Waals surface area contributed by atoms with Gasteiger partial charge in [-0.15, -0.1) is 0 Å². The minimum Gasteiger partial charge on any atom is -0.378 e. The van der Waals surface area contributed by atoms with Gasteiger partial charge in [-0.3, -0.25) is 0 Å². The number of nitrogens with two attached hydrogens (primary N) is 1. The standard InChI is InChI=1S/C13H24N2O/c1-2-3-4-5-6-9-16-11-13(15,10-14)12-7-8-12/h12H,2-9,11,15H2,1H3. The zero-order valence-corrected chi connectivity index (χ0v) is 10.4. The molecule has 0 saturated heterocycles. The van der Waals surface area contributed by atoms with Gasteiger partial charge in [-0.25, -0.2) is 0 Å². The second-order valence-electron chi connectivity index (χ2n) is 4.89. The van der Waals surface area contributed by atoms with Gasteiger partial charge in [0.2, 0.25) is 0 Å². The van der Waals surface area contributed by atoms with Gasteiger partial charge in [-0.05, 0) is 25.2 Å². The first-order valence-electron chi connectivity index (χ1n) is 6.51. The van der Waals surface area contributed by atoms with E-state index in [9.17, 15) is 0 Å². The number of hydrogen-bond donors (Lipinski definition) is 1. The van der Waals surface area contributed by atoms with Crippen LogP contribution < -0.4 is 5.73 Å². The molecule has 1 rings (SSSR count). The van der Waals surface area contributed by atoms with Crippen LogP contribution in [0.3, 0.4) is 0 Å². The largest absolute Gasteiger partial charge is 0.378 e. The maximum absolute atomic E-state index is 9.01. The molecule has 0 bridgehead atoms. The molecule has 1 fully saturated rings. The van der Waals surface area contributed by atoms with Crippen molar-refractivity contribution in [2.24, 2.45) is 11.7 Å². The summed E-state index contributed by atoms with van der Waals surface area (Å²) in [5.74, 6) is 0.373. The highest BCUT2D eigenvalue weighted by atomic mass is 16.5. The lowest BCUT2D eigenvalue weighted by Gasteiger charge is -2.20. The van der Waals surface area contributed by atoms with E-state index in [1.54, 1.807) is 0 Å². The fourth-order valence-electron chi connectivity index (χ4n) is 1.89. The van der Waals surface area contributed by atoms with Crippen molar-refractivity contribution in [2.75, 3.05) is 13.2 Å². The molecule has 1 saturated carbocycles. The van der Waals surface area contributed by atoms with E-state index in [1.165, 1.54) is 25.7 Å². The minimum atomic E-state index is -0.719. The highest BCUT2D eigenvalue weighted by Gasteiger charge is 2.42. The molecule has 16 heavy (non-hydrogen) atoms. The van der Waals surface area contributed by atoms with Crippen molar-refractivity contribution < 1.29 is 4.74 Å². The Morgan fingerprint density at radius 2 is 2.00 bits per heavy atom. The first kappa shape index (κ1) is 13.5. The van der Waals surface area contributed by atoms with Crippen LogP contribution in [0.1, 0.15) is 51.9 Å². The molecule has 0 aromatic heterocycles. The fraction of sp³-hybridized carbons (Fsp3) is 0.923. The lowest BCUT2D eigenvalue weighted by Crippen LogP contribution is -2.45. The summed E-state index contributed by atoms with van der Waals surface area (Å²) in [6.07, 6.45) is 8.35. The van der Waals surface area contributed by atoms with Gasteiger partial charge in [0, 0.05) is 6.61 Å². The van der Waals surface area contributed by atoms with Crippen molar-refractivity contribution >= 4 is 0 Å². The Balaban J connectivity index is 1.99. The van der Waals surface area contributed by atoms with Crippen molar-refractivity contribution in [1.82, 2.24) is 0 Å². The van der Waals surface area contributed by atoms with E-state index in [0.29, 0.717) is 12.5 Å². The van der Waals surface area contributed by atoms with Gasteiger partial charge in [-0.1, -0.05) is 32.6 Å². The molecule has 1 aliphatic carbocycles. The zero-order valence-electron chi connectivity index (χ0n) is 10.4. The highest BCUT2D eigenvalue weighted by Crippen LogP contribution is 2.38. The quantitative estimate of drug-likeness (QED) is 0.612. The topological polar surface area (TPSA) is 59.0 Å². The van der Waals surface area contributed by atoms with Crippen molar-refractivity contribution in [1.29, 1.82) is 5.26 Å². The average molecular weight is 224 g/mol. The summed E-state index contributed by atoms with van der Waals surface area (Å²) in [5, 5.41) is 9.01. The summed E-state index contributed by atoms with van der Waals surface area (Å²) in [5.41, 5.74) is 5.26. The molecule has 0 aromatic rings. The molecule has 1 unspecified atom stereocenters. The predicted octanol–water partition coefficient (Wildman–Crippen LogP) is 2.60. The Morgan fingerprint density at radius 3 is 2.56 bits per heavy atom. The Hall–Kier alpha value is -0.590. The zero-order chi connectivity index (χ0) is 11.9. The van der Waals surface area contributed by atoms with Crippen LogP contribution in [0.25, 0.3) is 0 Å². The lowest BCUT2D eigenvalue weighted by atomic mass is 9.98. The van der Waals surface area contributed by atoms with Crippen LogP contribution in [0.2, 0.25) is 0 Å². The molecule has 0 radical (unpaired) electrons. The van der Waals surface area contributed by atoms with Crippen molar-refractivity contribution in [2.45, 2.75) is 57.4 Å². The smallest absolute Gasteiger partial charge is 0.130 e. The summed E-state index contributed by atoms with van der Waals surface area (Å²) in [7, 11) is 0. The third-order valence-corrected chi connectivity index (χ3v) is 3.25. The van der Waals surface area contributed by atoms with E-state index < -0.39 is 5.54 Å². The number of hydrogen-bond acceptors (Lipinski definition) is 3. The van der Waals surface area contributed by atoms with Crippen LogP contribution in [0.15, 0.2) is 0 Å². The molecule has 1 atom stereocenters. The van der Waals surface area contributed by atoms with Gasteiger partial charge >= 0.3 is 0 Å². The molecule has 0 heterocycles. The lowest BCUT2D eigenvalue weighted by molar-refractivity contribution is 0.0925. The van der Waals surface area contributed by atoms with Crippen LogP contribution in [-0.2, 0) is 4.74 Å². The molecule has 0 amide bonds. The van der Waals surface area contributed by atoms with Crippen molar-refractivity contribution in [3.05, 3.63) is 0 Å². The van der Waals surface area contributed by atoms with E-state index >= 15 is 0 Å². The van der Waals surface area contributed by atoms with E-state index in [4.69, 9.17) is 15.7 Å². The number of ether oxygens (including phenoxy) is 1. The predicted molar refractivity (Wildman–Crippen MR) is 64.8 cm³/mol. The van der Waals surface area contributed by atoms with E-state index in [0.717, 1.165) is 25.9 Å². The van der Waals surface area contributed by atoms with Gasteiger partial charge < -0.3 is 10.5 Å². The summed E-state index contributed by atoms with van der Waals surface area (Å²) < 4.78 is 5.52.